The van der Waals surface area contributed by atoms with E-state index in [0.717, 1.165) is 49.8 Å². The lowest BCUT2D eigenvalue weighted by atomic mass is 10.2. The zero-order valence-corrected chi connectivity index (χ0v) is 16.4. The first-order chi connectivity index (χ1) is 12.7. The van der Waals surface area contributed by atoms with Crippen LogP contribution in [0.15, 0.2) is 41.8 Å². The third-order valence-electron chi connectivity index (χ3n) is 4.81. The summed E-state index contributed by atoms with van der Waals surface area (Å²) in [4.78, 5) is 18.2. The van der Waals surface area contributed by atoms with Crippen LogP contribution < -0.4 is 4.74 Å². The first-order valence-electron chi connectivity index (χ1n) is 8.85. The van der Waals surface area contributed by atoms with Crippen LogP contribution in [0, 0.1) is 0 Å². The standard InChI is InChI=1S/C20H22N2O2S2/c1-24-16-6-3-2-5-15(16)14-21-8-4-9-22(11-10-21)20(23)19-13-18-17(26-19)7-12-25-18/h2-3,5-7,12-13H,4,8-11,14H2,1H3. The number of benzene rings is 1. The Morgan fingerprint density at radius 2 is 2.00 bits per heavy atom. The highest BCUT2D eigenvalue weighted by Gasteiger charge is 2.22. The molecule has 0 aliphatic carbocycles. The molecule has 1 saturated heterocycles. The van der Waals surface area contributed by atoms with Crippen molar-refractivity contribution in [3.8, 4) is 5.75 Å². The molecule has 0 unspecified atom stereocenters. The van der Waals surface area contributed by atoms with Crippen LogP contribution in [0.25, 0.3) is 9.40 Å². The van der Waals surface area contributed by atoms with E-state index >= 15 is 0 Å². The van der Waals surface area contributed by atoms with Crippen molar-refractivity contribution < 1.29 is 9.53 Å². The second-order valence-electron chi connectivity index (χ2n) is 6.49. The largest absolute Gasteiger partial charge is 0.496 e. The fourth-order valence-electron chi connectivity index (χ4n) is 3.43. The van der Waals surface area contributed by atoms with Crippen molar-refractivity contribution >= 4 is 38.0 Å². The van der Waals surface area contributed by atoms with Crippen molar-refractivity contribution in [3.05, 3.63) is 52.2 Å². The van der Waals surface area contributed by atoms with Crippen molar-refractivity contribution in [1.82, 2.24) is 9.80 Å². The van der Waals surface area contributed by atoms with Crippen molar-refractivity contribution in [2.45, 2.75) is 13.0 Å². The molecule has 136 valence electrons. The summed E-state index contributed by atoms with van der Waals surface area (Å²) in [6, 6.07) is 12.3. The van der Waals surface area contributed by atoms with Crippen LogP contribution in [0.3, 0.4) is 0 Å². The second kappa shape index (κ2) is 7.78. The molecule has 0 bridgehead atoms. The lowest BCUT2D eigenvalue weighted by Gasteiger charge is -2.22. The third kappa shape index (κ3) is 3.63. The van der Waals surface area contributed by atoms with E-state index in [2.05, 4.69) is 22.4 Å². The van der Waals surface area contributed by atoms with Gasteiger partial charge in [0.1, 0.15) is 5.75 Å². The highest BCUT2D eigenvalue weighted by atomic mass is 32.1. The minimum Gasteiger partial charge on any atom is -0.496 e. The number of ether oxygens (including phenoxy) is 1. The van der Waals surface area contributed by atoms with E-state index in [1.165, 1.54) is 15.0 Å². The van der Waals surface area contributed by atoms with E-state index in [4.69, 9.17) is 4.74 Å². The van der Waals surface area contributed by atoms with E-state index in [9.17, 15) is 4.79 Å². The Kier molecular flexibility index (Phi) is 5.24. The predicted molar refractivity (Wildman–Crippen MR) is 108 cm³/mol. The van der Waals surface area contributed by atoms with Gasteiger partial charge in [-0.15, -0.1) is 22.7 Å². The van der Waals surface area contributed by atoms with E-state index < -0.39 is 0 Å². The Balaban J connectivity index is 1.41. The summed E-state index contributed by atoms with van der Waals surface area (Å²) < 4.78 is 7.90. The number of fused-ring (bicyclic) bond motifs is 1. The number of hydrogen-bond donors (Lipinski definition) is 0. The first-order valence-corrected chi connectivity index (χ1v) is 10.5. The maximum absolute atomic E-state index is 12.9. The van der Waals surface area contributed by atoms with Crippen molar-refractivity contribution in [2.24, 2.45) is 0 Å². The number of rotatable bonds is 4. The molecular weight excluding hydrogens is 364 g/mol. The van der Waals surface area contributed by atoms with E-state index in [1.54, 1.807) is 29.8 Å². The maximum atomic E-state index is 12.9. The molecule has 3 heterocycles. The number of methoxy groups -OCH3 is 1. The van der Waals surface area contributed by atoms with E-state index in [1.807, 2.05) is 29.2 Å². The highest BCUT2D eigenvalue weighted by molar-refractivity contribution is 7.27. The van der Waals surface area contributed by atoms with Gasteiger partial charge in [-0.2, -0.15) is 0 Å². The fourth-order valence-corrected chi connectivity index (χ4v) is 5.51. The molecule has 4 nitrogen and oxygen atoms in total. The number of para-hydroxylation sites is 1. The van der Waals surface area contributed by atoms with Crippen molar-refractivity contribution in [3.63, 3.8) is 0 Å². The molecule has 6 heteroatoms. The molecule has 1 fully saturated rings. The van der Waals surface area contributed by atoms with Gasteiger partial charge in [0.2, 0.25) is 0 Å². The highest BCUT2D eigenvalue weighted by Crippen LogP contribution is 2.31. The lowest BCUT2D eigenvalue weighted by Crippen LogP contribution is -2.34. The van der Waals surface area contributed by atoms with Gasteiger partial charge in [0, 0.05) is 47.7 Å². The minimum absolute atomic E-state index is 0.178. The molecule has 1 aliphatic heterocycles. The summed E-state index contributed by atoms with van der Waals surface area (Å²) >= 11 is 3.31. The molecule has 0 radical (unpaired) electrons. The van der Waals surface area contributed by atoms with Gasteiger partial charge in [0.15, 0.2) is 0 Å². The fraction of sp³-hybridized carbons (Fsp3) is 0.350. The molecule has 1 aliphatic rings. The monoisotopic (exact) mass is 386 g/mol. The Bertz CT molecular complexity index is 873. The molecule has 1 aromatic carbocycles. The van der Waals surface area contributed by atoms with Gasteiger partial charge in [0.25, 0.3) is 5.91 Å². The van der Waals surface area contributed by atoms with Crippen LogP contribution in [0.5, 0.6) is 5.75 Å². The molecule has 2 aromatic heterocycles. The Morgan fingerprint density at radius 3 is 2.85 bits per heavy atom. The zero-order chi connectivity index (χ0) is 17.9. The average Bonchev–Trinajstić information content (AvgIpc) is 3.18. The van der Waals surface area contributed by atoms with Crippen LogP contribution >= 0.6 is 22.7 Å². The quantitative estimate of drug-likeness (QED) is 0.669. The van der Waals surface area contributed by atoms with Crippen LogP contribution in [0.2, 0.25) is 0 Å². The van der Waals surface area contributed by atoms with Gasteiger partial charge >= 0.3 is 0 Å². The minimum atomic E-state index is 0.178. The normalized spacial score (nSPS) is 16.0. The summed E-state index contributed by atoms with van der Waals surface area (Å²) in [6.45, 7) is 4.36. The number of carbonyl (C=O) groups is 1. The van der Waals surface area contributed by atoms with Gasteiger partial charge in [0.05, 0.1) is 12.0 Å². The number of thiophene rings is 2. The molecule has 3 aromatic rings. The Morgan fingerprint density at radius 1 is 1.12 bits per heavy atom. The first kappa shape index (κ1) is 17.5. The van der Waals surface area contributed by atoms with Gasteiger partial charge in [-0.1, -0.05) is 18.2 Å². The van der Waals surface area contributed by atoms with Crippen LogP contribution in [0.1, 0.15) is 21.7 Å². The average molecular weight is 387 g/mol. The Labute approximate surface area is 161 Å². The molecule has 0 saturated carbocycles. The topological polar surface area (TPSA) is 32.8 Å². The van der Waals surface area contributed by atoms with Crippen molar-refractivity contribution in [1.29, 1.82) is 0 Å². The number of hydrogen-bond acceptors (Lipinski definition) is 5. The zero-order valence-electron chi connectivity index (χ0n) is 14.8. The van der Waals surface area contributed by atoms with Gasteiger partial charge in [-0.05, 0) is 30.0 Å². The summed E-state index contributed by atoms with van der Waals surface area (Å²) in [5.74, 6) is 1.11. The van der Waals surface area contributed by atoms with E-state index in [0.29, 0.717) is 0 Å². The lowest BCUT2D eigenvalue weighted by molar-refractivity contribution is 0.0766. The maximum Gasteiger partial charge on any atom is 0.264 e. The summed E-state index contributed by atoms with van der Waals surface area (Å²) in [5.41, 5.74) is 1.20. The Hall–Kier alpha value is -1.89. The number of amides is 1. The van der Waals surface area contributed by atoms with E-state index in [-0.39, 0.29) is 5.91 Å². The van der Waals surface area contributed by atoms with Crippen LogP contribution in [-0.4, -0.2) is 49.0 Å². The smallest absolute Gasteiger partial charge is 0.264 e. The molecule has 1 amide bonds. The van der Waals surface area contributed by atoms with Gasteiger partial charge in [-0.3, -0.25) is 9.69 Å². The molecule has 0 N–H and O–H groups in total. The van der Waals surface area contributed by atoms with Gasteiger partial charge in [-0.25, -0.2) is 0 Å². The molecule has 4 rings (SSSR count). The molecule has 0 atom stereocenters. The predicted octanol–water partition coefficient (Wildman–Crippen LogP) is 4.32. The third-order valence-corrected chi connectivity index (χ3v) is 6.89. The van der Waals surface area contributed by atoms with Crippen LogP contribution in [0.4, 0.5) is 0 Å². The summed E-state index contributed by atoms with van der Waals surface area (Å²) in [6.07, 6.45) is 1.00. The van der Waals surface area contributed by atoms with Crippen LogP contribution in [-0.2, 0) is 6.54 Å². The molecule has 0 spiro atoms. The number of nitrogens with zero attached hydrogens (tertiary/aromatic N) is 2. The summed E-state index contributed by atoms with van der Waals surface area (Å²) in [5, 5.41) is 2.08. The molecule has 26 heavy (non-hydrogen) atoms. The summed E-state index contributed by atoms with van der Waals surface area (Å²) in [7, 11) is 1.72. The van der Waals surface area contributed by atoms with Gasteiger partial charge < -0.3 is 9.64 Å². The van der Waals surface area contributed by atoms with Crippen molar-refractivity contribution in [2.75, 3.05) is 33.3 Å². The SMILES string of the molecule is COc1ccccc1CN1CCCN(C(=O)c2cc3sccc3s2)CC1. The number of carbonyl (C=O) groups excluding carboxylic acids is 1. The molecular formula is C20H22N2O2S2. The second-order valence-corrected chi connectivity index (χ2v) is 8.52.